The quantitative estimate of drug-likeness (QED) is 0.563. The van der Waals surface area contributed by atoms with Gasteiger partial charge in [-0.25, -0.2) is 4.85 Å². The molecule has 1 unspecified atom stereocenters. The second kappa shape index (κ2) is 6.17. The van der Waals surface area contributed by atoms with Gasteiger partial charge < -0.3 is 5.11 Å². The summed E-state index contributed by atoms with van der Waals surface area (Å²) in [5.74, 6) is 0. The van der Waals surface area contributed by atoms with Gasteiger partial charge in [0.2, 0.25) is 0 Å². The maximum atomic E-state index is 12.9. The molecule has 2 rings (SSSR count). The van der Waals surface area contributed by atoms with E-state index < -0.39 is 35.3 Å². The molecule has 0 spiro atoms. The first kappa shape index (κ1) is 17.8. The molecule has 0 aromatic heterocycles. The molecule has 0 saturated carbocycles. The third-order valence-electron chi connectivity index (χ3n) is 3.29. The summed E-state index contributed by atoms with van der Waals surface area (Å²) in [6.07, 6.45) is -12.2. The van der Waals surface area contributed by atoms with Crippen LogP contribution in [0.2, 0.25) is 0 Å². The van der Waals surface area contributed by atoms with Crippen LogP contribution in [0.5, 0.6) is 0 Å². The number of rotatable bonds is 2. The molecule has 0 bridgehead atoms. The first-order valence-electron chi connectivity index (χ1n) is 6.48. The molecule has 0 amide bonds. The first-order chi connectivity index (χ1) is 11.0. The largest absolute Gasteiger partial charge is 0.418 e. The summed E-state index contributed by atoms with van der Waals surface area (Å²) in [7, 11) is 0. The average molecular weight is 345 g/mol. The zero-order valence-electron chi connectivity index (χ0n) is 11.8. The van der Waals surface area contributed by atoms with Crippen LogP contribution in [0.15, 0.2) is 42.5 Å². The highest BCUT2D eigenvalue weighted by molar-refractivity contribution is 5.69. The molecule has 2 aromatic carbocycles. The van der Waals surface area contributed by atoms with E-state index in [2.05, 4.69) is 4.85 Å². The van der Waals surface area contributed by atoms with Crippen LogP contribution in [0.25, 0.3) is 16.0 Å². The lowest BCUT2D eigenvalue weighted by molar-refractivity contribution is -0.206. The van der Waals surface area contributed by atoms with Gasteiger partial charge in [-0.3, -0.25) is 0 Å². The molecular formula is C16H9F6NO. The van der Waals surface area contributed by atoms with E-state index in [1.807, 2.05) is 0 Å². The summed E-state index contributed by atoms with van der Waals surface area (Å²) in [6, 6.07) is 7.38. The van der Waals surface area contributed by atoms with Crippen molar-refractivity contribution >= 4 is 5.69 Å². The van der Waals surface area contributed by atoms with E-state index in [0.29, 0.717) is 0 Å². The molecule has 0 aliphatic heterocycles. The number of benzene rings is 2. The lowest BCUT2D eigenvalue weighted by Gasteiger charge is -2.15. The molecule has 2 nitrogen and oxygen atoms in total. The summed E-state index contributed by atoms with van der Waals surface area (Å²) < 4.78 is 76.1. The van der Waals surface area contributed by atoms with Gasteiger partial charge in [-0.2, -0.15) is 26.3 Å². The van der Waals surface area contributed by atoms with Gasteiger partial charge in [-0.1, -0.05) is 42.5 Å². The van der Waals surface area contributed by atoms with E-state index in [0.717, 1.165) is 24.3 Å². The number of hydrogen-bond acceptors (Lipinski definition) is 1. The third-order valence-corrected chi connectivity index (χ3v) is 3.29. The fourth-order valence-electron chi connectivity index (χ4n) is 2.09. The minimum absolute atomic E-state index is 0.0998. The van der Waals surface area contributed by atoms with Crippen LogP contribution in [0.1, 0.15) is 17.2 Å². The Kier molecular flexibility index (Phi) is 4.58. The van der Waals surface area contributed by atoms with E-state index in [1.54, 1.807) is 0 Å². The maximum Gasteiger partial charge on any atom is 0.418 e. The summed E-state index contributed by atoms with van der Waals surface area (Å²) in [5.41, 5.74) is -1.76. The number of nitrogens with zero attached hydrogens (tertiary/aromatic N) is 1. The Bertz CT molecular complexity index is 771. The Morgan fingerprint density at radius 3 is 1.88 bits per heavy atom. The molecule has 1 N–H and O–H groups in total. The molecule has 0 aliphatic carbocycles. The number of aliphatic hydroxyl groups is 1. The van der Waals surface area contributed by atoms with Crippen molar-refractivity contribution in [1.82, 2.24) is 0 Å². The van der Waals surface area contributed by atoms with E-state index in [1.165, 1.54) is 18.2 Å². The Hall–Kier alpha value is -2.53. The van der Waals surface area contributed by atoms with Gasteiger partial charge in [0.15, 0.2) is 11.8 Å². The molecule has 0 aliphatic rings. The van der Waals surface area contributed by atoms with Crippen molar-refractivity contribution in [3.63, 3.8) is 0 Å². The normalized spacial score (nSPS) is 13.4. The van der Waals surface area contributed by atoms with Gasteiger partial charge in [-0.05, 0) is 16.7 Å². The molecule has 1 atom stereocenters. The molecule has 126 valence electrons. The van der Waals surface area contributed by atoms with Crippen molar-refractivity contribution in [2.24, 2.45) is 0 Å². The van der Waals surface area contributed by atoms with Crippen molar-refractivity contribution in [3.8, 4) is 11.1 Å². The van der Waals surface area contributed by atoms with Gasteiger partial charge in [0.1, 0.15) is 0 Å². The van der Waals surface area contributed by atoms with Crippen LogP contribution >= 0.6 is 0 Å². The smallest absolute Gasteiger partial charge is 0.379 e. The van der Waals surface area contributed by atoms with Crippen molar-refractivity contribution < 1.29 is 31.4 Å². The van der Waals surface area contributed by atoms with Gasteiger partial charge in [0.25, 0.3) is 0 Å². The molecule has 2 aromatic rings. The van der Waals surface area contributed by atoms with Crippen molar-refractivity contribution in [2.75, 3.05) is 0 Å². The Morgan fingerprint density at radius 1 is 0.875 bits per heavy atom. The van der Waals surface area contributed by atoms with Crippen LogP contribution in [0, 0.1) is 6.57 Å². The van der Waals surface area contributed by atoms with Crippen LogP contribution in [-0.4, -0.2) is 11.3 Å². The van der Waals surface area contributed by atoms with Crippen molar-refractivity contribution in [3.05, 3.63) is 65.0 Å². The van der Waals surface area contributed by atoms with E-state index in [-0.39, 0.29) is 11.1 Å². The lowest BCUT2D eigenvalue weighted by atomic mass is 9.99. The fourth-order valence-corrected chi connectivity index (χ4v) is 2.09. The predicted octanol–water partition coefficient (Wildman–Crippen LogP) is 5.52. The van der Waals surface area contributed by atoms with Crippen LogP contribution in [-0.2, 0) is 6.18 Å². The van der Waals surface area contributed by atoms with Crippen molar-refractivity contribution in [2.45, 2.75) is 18.5 Å². The van der Waals surface area contributed by atoms with Gasteiger partial charge in [0.05, 0.1) is 12.1 Å². The Labute approximate surface area is 132 Å². The lowest BCUT2D eigenvalue weighted by Crippen LogP contribution is -2.19. The number of halogens is 6. The topological polar surface area (TPSA) is 24.6 Å². The monoisotopic (exact) mass is 345 g/mol. The van der Waals surface area contributed by atoms with Crippen LogP contribution in [0.3, 0.4) is 0 Å². The molecule has 0 radical (unpaired) electrons. The average Bonchev–Trinajstić information content (AvgIpc) is 2.52. The zero-order valence-corrected chi connectivity index (χ0v) is 11.8. The molecule has 24 heavy (non-hydrogen) atoms. The molecular weight excluding hydrogens is 336 g/mol. The minimum Gasteiger partial charge on any atom is -0.379 e. The highest BCUT2D eigenvalue weighted by atomic mass is 19.4. The molecule has 0 saturated heterocycles. The van der Waals surface area contributed by atoms with E-state index in [4.69, 9.17) is 11.7 Å². The SMILES string of the molecule is [C-]#[N+]c1ccc(-c2ccc(C(O)C(F)(F)F)cc2)cc1C(F)(F)F. The minimum atomic E-state index is -4.83. The van der Waals surface area contributed by atoms with Crippen LogP contribution < -0.4 is 0 Å². The third kappa shape index (κ3) is 3.68. The van der Waals surface area contributed by atoms with Gasteiger partial charge >= 0.3 is 12.4 Å². The number of hydrogen-bond donors (Lipinski definition) is 1. The Morgan fingerprint density at radius 2 is 1.42 bits per heavy atom. The summed E-state index contributed by atoms with van der Waals surface area (Å²) in [5, 5.41) is 9.13. The van der Waals surface area contributed by atoms with Gasteiger partial charge in [0, 0.05) is 0 Å². The van der Waals surface area contributed by atoms with E-state index >= 15 is 0 Å². The highest BCUT2D eigenvalue weighted by Gasteiger charge is 2.39. The second-order valence-electron chi connectivity index (χ2n) is 4.91. The summed E-state index contributed by atoms with van der Waals surface area (Å²) >= 11 is 0. The number of aliphatic hydroxyl groups excluding tert-OH is 1. The molecule has 0 fully saturated rings. The van der Waals surface area contributed by atoms with E-state index in [9.17, 15) is 26.3 Å². The van der Waals surface area contributed by atoms with Gasteiger partial charge in [-0.15, -0.1) is 0 Å². The zero-order chi connectivity index (χ0) is 18.1. The summed E-state index contributed by atoms with van der Waals surface area (Å²) in [6.45, 7) is 6.76. The predicted molar refractivity (Wildman–Crippen MR) is 74.2 cm³/mol. The Balaban J connectivity index is 2.42. The van der Waals surface area contributed by atoms with Crippen LogP contribution in [0.4, 0.5) is 32.0 Å². The molecule has 8 heteroatoms. The highest BCUT2D eigenvalue weighted by Crippen LogP contribution is 2.39. The first-order valence-corrected chi connectivity index (χ1v) is 6.48. The summed E-state index contributed by atoms with van der Waals surface area (Å²) in [4.78, 5) is 2.81. The standard InChI is InChI=1S/C16H9F6NO/c1-23-13-7-6-11(8-12(13)15(17,18)19)9-2-4-10(5-3-9)14(24)16(20,21)22/h2-8,14,24H. The van der Waals surface area contributed by atoms with Crippen molar-refractivity contribution in [1.29, 1.82) is 0 Å². The fraction of sp³-hybridized carbons (Fsp3) is 0.188. The molecule has 0 heterocycles. The number of alkyl halides is 6. The maximum absolute atomic E-state index is 12.9. The second-order valence-corrected chi connectivity index (χ2v) is 4.91.